The van der Waals surface area contributed by atoms with Gasteiger partial charge in [0.05, 0.1) is 6.26 Å². The van der Waals surface area contributed by atoms with E-state index in [1.54, 1.807) is 24.5 Å². The molecule has 0 aromatic carbocycles. The second kappa shape index (κ2) is 3.39. The Hall–Kier alpha value is -1.02. The fourth-order valence-corrected chi connectivity index (χ4v) is 0.848. The van der Waals surface area contributed by atoms with Crippen LogP contribution < -0.4 is 0 Å². The van der Waals surface area contributed by atoms with E-state index < -0.39 is 6.10 Å². The van der Waals surface area contributed by atoms with Gasteiger partial charge in [-0.2, -0.15) is 0 Å². The number of aliphatic hydroxyl groups is 1. The van der Waals surface area contributed by atoms with Gasteiger partial charge in [-0.3, -0.25) is 0 Å². The molecular formula is C9H12O2. The first-order valence-electron chi connectivity index (χ1n) is 3.59. The van der Waals surface area contributed by atoms with Crippen molar-refractivity contribution in [2.24, 2.45) is 5.92 Å². The zero-order valence-corrected chi connectivity index (χ0v) is 6.53. The molecule has 2 nitrogen and oxygen atoms in total. The van der Waals surface area contributed by atoms with Crippen molar-refractivity contribution in [3.8, 4) is 0 Å². The fraction of sp³-hybridized carbons (Fsp3) is 0.333. The van der Waals surface area contributed by atoms with E-state index in [-0.39, 0.29) is 5.92 Å². The number of rotatable bonds is 3. The van der Waals surface area contributed by atoms with Gasteiger partial charge in [0.1, 0.15) is 11.9 Å². The van der Waals surface area contributed by atoms with Gasteiger partial charge in [-0.05, 0) is 12.1 Å². The molecule has 0 unspecified atom stereocenters. The summed E-state index contributed by atoms with van der Waals surface area (Å²) < 4.78 is 5.02. The zero-order valence-electron chi connectivity index (χ0n) is 6.53. The molecule has 0 fully saturated rings. The summed E-state index contributed by atoms with van der Waals surface area (Å²) in [6.07, 6.45) is 2.68. The summed E-state index contributed by atoms with van der Waals surface area (Å²) in [6.45, 7) is 5.48. The molecule has 2 atom stereocenters. The van der Waals surface area contributed by atoms with Crippen molar-refractivity contribution in [2.45, 2.75) is 13.0 Å². The lowest BCUT2D eigenvalue weighted by Crippen LogP contribution is -2.04. The minimum atomic E-state index is -0.567. The van der Waals surface area contributed by atoms with Crippen molar-refractivity contribution >= 4 is 0 Å². The Bertz CT molecular complexity index is 213. The molecule has 60 valence electrons. The molecule has 1 N–H and O–H groups in total. The molecule has 0 bridgehead atoms. The normalized spacial score (nSPS) is 15.8. The predicted octanol–water partition coefficient (Wildman–Crippen LogP) is 2.14. The van der Waals surface area contributed by atoms with Crippen molar-refractivity contribution in [3.63, 3.8) is 0 Å². The lowest BCUT2D eigenvalue weighted by Gasteiger charge is -2.11. The van der Waals surface area contributed by atoms with Crippen LogP contribution >= 0.6 is 0 Å². The van der Waals surface area contributed by atoms with Gasteiger partial charge in [-0.15, -0.1) is 6.58 Å². The topological polar surface area (TPSA) is 33.4 Å². The Morgan fingerprint density at radius 2 is 2.45 bits per heavy atom. The minimum absolute atomic E-state index is 0.0288. The van der Waals surface area contributed by atoms with Crippen LogP contribution in [0.5, 0.6) is 0 Å². The van der Waals surface area contributed by atoms with E-state index in [4.69, 9.17) is 4.42 Å². The molecule has 0 spiro atoms. The molecule has 0 saturated carbocycles. The summed E-state index contributed by atoms with van der Waals surface area (Å²) in [7, 11) is 0. The van der Waals surface area contributed by atoms with Crippen molar-refractivity contribution in [1.82, 2.24) is 0 Å². The van der Waals surface area contributed by atoms with Crippen LogP contribution in [0.15, 0.2) is 35.5 Å². The maximum absolute atomic E-state index is 9.51. The van der Waals surface area contributed by atoms with Crippen LogP contribution in [0.1, 0.15) is 18.8 Å². The molecule has 11 heavy (non-hydrogen) atoms. The highest BCUT2D eigenvalue weighted by Crippen LogP contribution is 2.22. The molecule has 0 amide bonds. The third-order valence-corrected chi connectivity index (χ3v) is 1.70. The summed E-state index contributed by atoms with van der Waals surface area (Å²) in [6, 6.07) is 3.51. The van der Waals surface area contributed by atoms with E-state index in [0.717, 1.165) is 0 Å². The molecule has 1 aromatic rings. The van der Waals surface area contributed by atoms with Gasteiger partial charge >= 0.3 is 0 Å². The average Bonchev–Trinajstić information content (AvgIpc) is 2.53. The van der Waals surface area contributed by atoms with Crippen molar-refractivity contribution in [2.75, 3.05) is 0 Å². The van der Waals surface area contributed by atoms with Crippen molar-refractivity contribution in [1.29, 1.82) is 0 Å². The summed E-state index contributed by atoms with van der Waals surface area (Å²) in [5.74, 6) is 0.624. The Morgan fingerprint density at radius 1 is 1.73 bits per heavy atom. The Morgan fingerprint density at radius 3 is 2.91 bits per heavy atom. The van der Waals surface area contributed by atoms with Gasteiger partial charge in [-0.25, -0.2) is 0 Å². The van der Waals surface area contributed by atoms with E-state index in [1.165, 1.54) is 0 Å². The number of aliphatic hydroxyl groups excluding tert-OH is 1. The molecule has 1 heterocycles. The first kappa shape index (κ1) is 8.08. The van der Waals surface area contributed by atoms with Crippen LogP contribution in [0.2, 0.25) is 0 Å². The highest BCUT2D eigenvalue weighted by atomic mass is 16.4. The average molecular weight is 152 g/mol. The van der Waals surface area contributed by atoms with Gasteiger partial charge in [0, 0.05) is 5.92 Å². The second-order valence-corrected chi connectivity index (χ2v) is 2.56. The van der Waals surface area contributed by atoms with Gasteiger partial charge in [0.2, 0.25) is 0 Å². The predicted molar refractivity (Wildman–Crippen MR) is 43.0 cm³/mol. The minimum Gasteiger partial charge on any atom is -0.467 e. The van der Waals surface area contributed by atoms with Gasteiger partial charge in [0.15, 0.2) is 0 Å². The third-order valence-electron chi connectivity index (χ3n) is 1.70. The van der Waals surface area contributed by atoms with Crippen LogP contribution in [0.4, 0.5) is 0 Å². The molecule has 0 radical (unpaired) electrons. The van der Waals surface area contributed by atoms with Crippen LogP contribution in [-0.2, 0) is 0 Å². The molecule has 0 aliphatic heterocycles. The zero-order chi connectivity index (χ0) is 8.27. The Balaban J connectivity index is 2.69. The highest BCUT2D eigenvalue weighted by Gasteiger charge is 2.15. The number of hydrogen-bond acceptors (Lipinski definition) is 2. The van der Waals surface area contributed by atoms with E-state index in [2.05, 4.69) is 6.58 Å². The van der Waals surface area contributed by atoms with Crippen LogP contribution in [0, 0.1) is 5.92 Å². The van der Waals surface area contributed by atoms with Crippen LogP contribution in [0.25, 0.3) is 0 Å². The standard InChI is InChI=1S/C9H12O2/c1-3-7(2)9(10)8-5-4-6-11-8/h3-7,9-10H,1H2,2H3/t7-,9-/m0/s1. The highest BCUT2D eigenvalue weighted by molar-refractivity contribution is 5.04. The van der Waals surface area contributed by atoms with Gasteiger partial charge in [-0.1, -0.05) is 13.0 Å². The van der Waals surface area contributed by atoms with E-state index in [9.17, 15) is 5.11 Å². The number of hydrogen-bond donors (Lipinski definition) is 1. The van der Waals surface area contributed by atoms with E-state index >= 15 is 0 Å². The molecule has 0 aliphatic rings. The summed E-state index contributed by atoms with van der Waals surface area (Å²) in [5, 5.41) is 9.51. The smallest absolute Gasteiger partial charge is 0.132 e. The largest absolute Gasteiger partial charge is 0.467 e. The molecule has 0 saturated heterocycles. The second-order valence-electron chi connectivity index (χ2n) is 2.56. The Kier molecular flexibility index (Phi) is 2.49. The van der Waals surface area contributed by atoms with Crippen LogP contribution in [-0.4, -0.2) is 5.11 Å². The van der Waals surface area contributed by atoms with Crippen molar-refractivity contribution in [3.05, 3.63) is 36.8 Å². The van der Waals surface area contributed by atoms with Crippen molar-refractivity contribution < 1.29 is 9.52 Å². The Labute approximate surface area is 66.2 Å². The SMILES string of the molecule is C=C[C@H](C)[C@H](O)c1ccco1. The summed E-state index contributed by atoms with van der Waals surface area (Å²) in [4.78, 5) is 0. The molecule has 1 rings (SSSR count). The van der Waals surface area contributed by atoms with E-state index in [1.807, 2.05) is 6.92 Å². The van der Waals surface area contributed by atoms with Crippen LogP contribution in [0.3, 0.4) is 0 Å². The lowest BCUT2D eigenvalue weighted by molar-refractivity contribution is 0.114. The molecule has 1 aromatic heterocycles. The quantitative estimate of drug-likeness (QED) is 0.673. The number of furan rings is 1. The fourth-order valence-electron chi connectivity index (χ4n) is 0.848. The molecular weight excluding hydrogens is 140 g/mol. The van der Waals surface area contributed by atoms with Gasteiger partial charge < -0.3 is 9.52 Å². The summed E-state index contributed by atoms with van der Waals surface area (Å²) >= 11 is 0. The maximum Gasteiger partial charge on any atom is 0.132 e. The third kappa shape index (κ3) is 1.71. The first-order valence-corrected chi connectivity index (χ1v) is 3.59. The van der Waals surface area contributed by atoms with E-state index in [0.29, 0.717) is 5.76 Å². The van der Waals surface area contributed by atoms with Gasteiger partial charge in [0.25, 0.3) is 0 Å². The summed E-state index contributed by atoms with van der Waals surface area (Å²) in [5.41, 5.74) is 0. The molecule has 2 heteroatoms. The maximum atomic E-state index is 9.51. The monoisotopic (exact) mass is 152 g/mol. The lowest BCUT2D eigenvalue weighted by atomic mass is 10.0. The molecule has 0 aliphatic carbocycles. The first-order chi connectivity index (χ1) is 5.25.